The minimum Gasteiger partial charge on any atom is -0.353 e. The normalized spacial score (nSPS) is 16.9. The number of para-hydroxylation sites is 1. The average molecular weight is 377 g/mol. The maximum atomic E-state index is 12.6. The lowest BCUT2D eigenvalue weighted by molar-refractivity contribution is 0.0936. The van der Waals surface area contributed by atoms with Crippen molar-refractivity contribution in [2.45, 2.75) is 12.5 Å². The molecule has 0 aliphatic carbocycles. The van der Waals surface area contributed by atoms with Crippen molar-refractivity contribution in [1.29, 1.82) is 0 Å². The minimum absolute atomic E-state index is 0.0562. The Balaban J connectivity index is 1.25. The number of H-pyrrole nitrogens is 2. The van der Waals surface area contributed by atoms with Gasteiger partial charge in [-0.25, -0.2) is 0 Å². The highest BCUT2D eigenvalue weighted by molar-refractivity contribution is 7.13. The molecule has 136 valence electrons. The number of amides is 1. The summed E-state index contributed by atoms with van der Waals surface area (Å²) in [7, 11) is 0. The first-order valence-electron chi connectivity index (χ1n) is 8.99. The molecule has 4 heterocycles. The summed E-state index contributed by atoms with van der Waals surface area (Å²) < 4.78 is 0. The van der Waals surface area contributed by atoms with Crippen LogP contribution in [0.3, 0.4) is 0 Å². The van der Waals surface area contributed by atoms with Gasteiger partial charge in [0.05, 0.1) is 10.6 Å². The first-order chi connectivity index (χ1) is 13.3. The van der Waals surface area contributed by atoms with Crippen LogP contribution in [0.2, 0.25) is 0 Å². The van der Waals surface area contributed by atoms with Crippen LogP contribution < -0.4 is 10.2 Å². The predicted molar refractivity (Wildman–Crippen MR) is 108 cm³/mol. The highest BCUT2D eigenvalue weighted by atomic mass is 32.1. The molecule has 5 rings (SSSR count). The van der Waals surface area contributed by atoms with E-state index < -0.39 is 0 Å². The van der Waals surface area contributed by atoms with Gasteiger partial charge >= 0.3 is 0 Å². The summed E-state index contributed by atoms with van der Waals surface area (Å²) in [4.78, 5) is 19.2. The van der Waals surface area contributed by atoms with Crippen molar-refractivity contribution in [3.8, 4) is 10.6 Å². The van der Waals surface area contributed by atoms with Crippen LogP contribution in [-0.2, 0) is 0 Å². The van der Waals surface area contributed by atoms with Crippen LogP contribution in [0.4, 0.5) is 5.82 Å². The van der Waals surface area contributed by atoms with E-state index in [0.717, 1.165) is 41.9 Å². The third-order valence-electron chi connectivity index (χ3n) is 4.97. The van der Waals surface area contributed by atoms with Gasteiger partial charge in [0.2, 0.25) is 0 Å². The molecular formula is C20H19N5OS. The fourth-order valence-electron chi connectivity index (χ4n) is 3.58. The second-order valence-electron chi connectivity index (χ2n) is 6.79. The number of aromatic nitrogens is 3. The van der Waals surface area contributed by atoms with E-state index in [4.69, 9.17) is 0 Å². The van der Waals surface area contributed by atoms with Crippen LogP contribution in [0.25, 0.3) is 21.5 Å². The van der Waals surface area contributed by atoms with Crippen molar-refractivity contribution in [3.63, 3.8) is 0 Å². The molecule has 7 heteroatoms. The number of rotatable bonds is 4. The summed E-state index contributed by atoms with van der Waals surface area (Å²) in [5, 5.41) is 13.8. The van der Waals surface area contributed by atoms with Gasteiger partial charge in [-0.05, 0) is 30.0 Å². The average Bonchev–Trinajstić information content (AvgIpc) is 3.46. The Labute approximate surface area is 160 Å². The fraction of sp³-hybridized carbons (Fsp3) is 0.200. The zero-order valence-electron chi connectivity index (χ0n) is 14.6. The van der Waals surface area contributed by atoms with Gasteiger partial charge in [0, 0.05) is 36.1 Å². The van der Waals surface area contributed by atoms with Gasteiger partial charge in [0.25, 0.3) is 5.91 Å². The molecular weight excluding hydrogens is 358 g/mol. The number of fused-ring (bicyclic) bond motifs is 1. The van der Waals surface area contributed by atoms with Crippen molar-refractivity contribution in [2.24, 2.45) is 0 Å². The van der Waals surface area contributed by atoms with E-state index in [2.05, 4.69) is 42.9 Å². The topological polar surface area (TPSA) is 76.8 Å². The summed E-state index contributed by atoms with van der Waals surface area (Å²) in [5.74, 6) is 0.875. The predicted octanol–water partition coefficient (Wildman–Crippen LogP) is 3.63. The van der Waals surface area contributed by atoms with Gasteiger partial charge in [0.15, 0.2) is 5.82 Å². The summed E-state index contributed by atoms with van der Waals surface area (Å²) in [6.07, 6.45) is 0.910. The van der Waals surface area contributed by atoms with Crippen molar-refractivity contribution in [3.05, 3.63) is 59.6 Å². The van der Waals surface area contributed by atoms with E-state index in [-0.39, 0.29) is 11.9 Å². The Morgan fingerprint density at radius 2 is 2.15 bits per heavy atom. The maximum absolute atomic E-state index is 12.6. The zero-order valence-corrected chi connectivity index (χ0v) is 15.4. The number of nitrogens with one attached hydrogen (secondary N) is 3. The molecule has 6 nitrogen and oxygen atoms in total. The molecule has 1 aliphatic rings. The van der Waals surface area contributed by atoms with Gasteiger partial charge in [-0.15, -0.1) is 11.3 Å². The van der Waals surface area contributed by atoms with E-state index in [9.17, 15) is 4.79 Å². The lowest BCUT2D eigenvalue weighted by atomic mass is 10.2. The number of carbonyl (C=O) groups is 1. The number of thiophene rings is 1. The molecule has 1 fully saturated rings. The Morgan fingerprint density at radius 3 is 3.00 bits per heavy atom. The number of aromatic amines is 2. The summed E-state index contributed by atoms with van der Waals surface area (Å²) in [6.45, 7) is 1.65. The third kappa shape index (κ3) is 3.10. The van der Waals surface area contributed by atoms with E-state index >= 15 is 0 Å². The van der Waals surface area contributed by atoms with E-state index in [1.165, 1.54) is 4.88 Å². The molecule has 3 N–H and O–H groups in total. The van der Waals surface area contributed by atoms with Gasteiger partial charge in [-0.2, -0.15) is 5.10 Å². The SMILES string of the molecule is O=C(NC1CCN(c2cc(-c3cccs3)[nH]n2)C1)c1cc2ccccc2[nH]1. The molecule has 0 bridgehead atoms. The van der Waals surface area contributed by atoms with Crippen LogP contribution in [0.1, 0.15) is 16.9 Å². The Bertz CT molecular complexity index is 1050. The van der Waals surface area contributed by atoms with E-state index in [1.807, 2.05) is 36.4 Å². The summed E-state index contributed by atoms with van der Waals surface area (Å²) in [6, 6.07) is 16.1. The quantitative estimate of drug-likeness (QED) is 0.508. The number of carbonyl (C=O) groups excluding carboxylic acids is 1. The third-order valence-corrected chi connectivity index (χ3v) is 5.88. The molecule has 1 unspecified atom stereocenters. The smallest absolute Gasteiger partial charge is 0.268 e. The van der Waals surface area contributed by atoms with Crippen LogP contribution >= 0.6 is 11.3 Å². The first kappa shape index (κ1) is 16.1. The maximum Gasteiger partial charge on any atom is 0.268 e. The van der Waals surface area contributed by atoms with Crippen molar-refractivity contribution < 1.29 is 4.79 Å². The van der Waals surface area contributed by atoms with Gasteiger partial charge < -0.3 is 15.2 Å². The summed E-state index contributed by atoms with van der Waals surface area (Å²) in [5.41, 5.74) is 2.62. The Hall–Kier alpha value is -3.06. The van der Waals surface area contributed by atoms with Crippen LogP contribution in [0.5, 0.6) is 0 Å². The van der Waals surface area contributed by atoms with E-state index in [1.54, 1.807) is 11.3 Å². The summed E-state index contributed by atoms with van der Waals surface area (Å²) >= 11 is 1.69. The largest absolute Gasteiger partial charge is 0.353 e. The lowest BCUT2D eigenvalue weighted by Crippen LogP contribution is -2.37. The second kappa shape index (κ2) is 6.59. The van der Waals surface area contributed by atoms with Crippen molar-refractivity contribution >= 4 is 34.0 Å². The van der Waals surface area contributed by atoms with Crippen LogP contribution in [0, 0.1) is 0 Å². The Morgan fingerprint density at radius 1 is 1.22 bits per heavy atom. The molecule has 1 amide bonds. The number of nitrogens with zero attached hydrogens (tertiary/aromatic N) is 2. The molecule has 1 atom stereocenters. The fourth-order valence-corrected chi connectivity index (χ4v) is 4.27. The monoisotopic (exact) mass is 377 g/mol. The molecule has 3 aromatic heterocycles. The van der Waals surface area contributed by atoms with Gasteiger partial charge in [0.1, 0.15) is 5.69 Å². The zero-order chi connectivity index (χ0) is 18.2. The van der Waals surface area contributed by atoms with Crippen LogP contribution in [-0.4, -0.2) is 40.2 Å². The highest BCUT2D eigenvalue weighted by Gasteiger charge is 2.26. The second-order valence-corrected chi connectivity index (χ2v) is 7.74. The molecule has 0 radical (unpaired) electrons. The molecule has 1 saturated heterocycles. The molecule has 0 saturated carbocycles. The van der Waals surface area contributed by atoms with E-state index in [0.29, 0.717) is 5.69 Å². The lowest BCUT2D eigenvalue weighted by Gasteiger charge is -2.15. The standard InChI is InChI=1S/C20H19N5OS/c26-20(17-10-13-4-1-2-5-15(13)22-17)21-14-7-8-25(12-14)19-11-16(23-24-19)18-6-3-9-27-18/h1-6,9-11,14,22H,7-8,12H2,(H,21,26)(H,23,24). The highest BCUT2D eigenvalue weighted by Crippen LogP contribution is 2.27. The minimum atomic E-state index is -0.0562. The van der Waals surface area contributed by atoms with Crippen molar-refractivity contribution in [2.75, 3.05) is 18.0 Å². The molecule has 1 aliphatic heterocycles. The molecule has 0 spiro atoms. The number of hydrogen-bond acceptors (Lipinski definition) is 4. The van der Waals surface area contributed by atoms with Crippen molar-refractivity contribution in [1.82, 2.24) is 20.5 Å². The van der Waals surface area contributed by atoms with Gasteiger partial charge in [-0.3, -0.25) is 9.89 Å². The number of hydrogen-bond donors (Lipinski definition) is 3. The molecule has 1 aromatic carbocycles. The molecule has 27 heavy (non-hydrogen) atoms. The molecule has 4 aromatic rings. The number of benzene rings is 1. The number of anilines is 1. The van der Waals surface area contributed by atoms with Crippen LogP contribution in [0.15, 0.2) is 53.9 Å². The first-order valence-corrected chi connectivity index (χ1v) is 9.87. The Kier molecular flexibility index (Phi) is 3.94. The van der Waals surface area contributed by atoms with Gasteiger partial charge in [-0.1, -0.05) is 24.3 Å².